The van der Waals surface area contributed by atoms with Crippen molar-refractivity contribution in [1.82, 2.24) is 10.2 Å². The van der Waals surface area contributed by atoms with Gasteiger partial charge in [-0.2, -0.15) is 0 Å². The molecule has 22 heavy (non-hydrogen) atoms. The van der Waals surface area contributed by atoms with E-state index in [-0.39, 0.29) is 17.9 Å². The van der Waals surface area contributed by atoms with Crippen molar-refractivity contribution >= 4 is 17.6 Å². The molecule has 0 saturated heterocycles. The molecule has 5 nitrogen and oxygen atoms in total. The Morgan fingerprint density at radius 3 is 2.45 bits per heavy atom. The van der Waals surface area contributed by atoms with Gasteiger partial charge < -0.3 is 15.5 Å². The molecule has 0 radical (unpaired) electrons. The number of benzene rings is 1. The molecule has 1 atom stereocenters. The van der Waals surface area contributed by atoms with Gasteiger partial charge in [-0.1, -0.05) is 32.9 Å². The molecule has 1 aromatic rings. The molecule has 0 aromatic heterocycles. The Morgan fingerprint density at radius 2 is 1.91 bits per heavy atom. The average molecular weight is 305 g/mol. The maximum atomic E-state index is 12.3. The summed E-state index contributed by atoms with van der Waals surface area (Å²) in [5, 5.41) is 5.55. The van der Waals surface area contributed by atoms with Crippen LogP contribution in [0.3, 0.4) is 0 Å². The number of rotatable bonds is 6. The Balaban J connectivity index is 2.77. The van der Waals surface area contributed by atoms with Gasteiger partial charge in [0.25, 0.3) is 0 Å². The zero-order valence-electron chi connectivity index (χ0n) is 14.2. The van der Waals surface area contributed by atoms with E-state index in [1.54, 1.807) is 21.0 Å². The average Bonchev–Trinajstić information content (AvgIpc) is 2.53. The number of hydrogen-bond acceptors (Lipinski definition) is 2. The molecular weight excluding hydrogens is 278 g/mol. The van der Waals surface area contributed by atoms with Crippen LogP contribution in [0.1, 0.15) is 31.9 Å². The first-order valence-electron chi connectivity index (χ1n) is 7.78. The molecule has 0 unspecified atom stereocenters. The number of hydrogen-bond donors (Lipinski definition) is 2. The lowest BCUT2D eigenvalue weighted by Gasteiger charge is -2.22. The number of nitrogens with zero attached hydrogens (tertiary/aromatic N) is 1. The highest BCUT2D eigenvalue weighted by atomic mass is 16.2. The number of urea groups is 1. The third-order valence-corrected chi connectivity index (χ3v) is 3.79. The van der Waals surface area contributed by atoms with E-state index >= 15 is 0 Å². The molecule has 0 bridgehead atoms. The molecule has 0 aliphatic carbocycles. The third kappa shape index (κ3) is 4.76. The first kappa shape index (κ1) is 18.0. The second kappa shape index (κ2) is 8.41. The normalized spacial score (nSPS) is 11.7. The molecule has 1 rings (SSSR count). The lowest BCUT2D eigenvalue weighted by Crippen LogP contribution is -2.39. The first-order valence-corrected chi connectivity index (χ1v) is 7.78. The Morgan fingerprint density at radius 1 is 1.23 bits per heavy atom. The summed E-state index contributed by atoms with van der Waals surface area (Å²) in [6.45, 7) is 6.33. The van der Waals surface area contributed by atoms with Gasteiger partial charge in [-0.3, -0.25) is 4.79 Å². The van der Waals surface area contributed by atoms with Gasteiger partial charge in [0, 0.05) is 26.3 Å². The highest BCUT2D eigenvalue weighted by Crippen LogP contribution is 2.19. The van der Waals surface area contributed by atoms with E-state index < -0.39 is 0 Å². The summed E-state index contributed by atoms with van der Waals surface area (Å²) in [6, 6.07) is 5.97. The molecule has 0 aliphatic heterocycles. The fraction of sp³-hybridized carbons (Fsp3) is 0.529. The standard InChI is InChI=1S/C17H27N3O2/c1-6-13-8-9-14(7-2)15(10-13)19-17(22)20(5)11-12(3)16(21)18-4/h8-10,12H,6-7,11H2,1-5H3,(H,18,21)(H,19,22)/t12-/m1/s1. The molecule has 0 aliphatic rings. The number of anilines is 1. The van der Waals surface area contributed by atoms with Gasteiger partial charge in [0.15, 0.2) is 0 Å². The fourth-order valence-corrected chi connectivity index (χ4v) is 2.30. The molecule has 0 spiro atoms. The van der Waals surface area contributed by atoms with E-state index in [0.29, 0.717) is 6.54 Å². The molecule has 0 heterocycles. The zero-order chi connectivity index (χ0) is 16.7. The molecule has 2 N–H and O–H groups in total. The van der Waals surface area contributed by atoms with Gasteiger partial charge in [0.05, 0.1) is 5.92 Å². The second-order valence-corrected chi connectivity index (χ2v) is 5.52. The summed E-state index contributed by atoms with van der Waals surface area (Å²) in [5.74, 6) is -0.310. The Hall–Kier alpha value is -2.04. The van der Waals surface area contributed by atoms with Crippen molar-refractivity contribution < 1.29 is 9.59 Å². The van der Waals surface area contributed by atoms with E-state index in [1.807, 2.05) is 6.07 Å². The van der Waals surface area contributed by atoms with Gasteiger partial charge in [-0.25, -0.2) is 4.79 Å². The summed E-state index contributed by atoms with van der Waals surface area (Å²) in [5.41, 5.74) is 3.15. The van der Waals surface area contributed by atoms with E-state index in [1.165, 1.54) is 10.5 Å². The minimum Gasteiger partial charge on any atom is -0.359 e. The number of nitrogens with one attached hydrogen (secondary N) is 2. The van der Waals surface area contributed by atoms with Crippen molar-refractivity contribution in [1.29, 1.82) is 0 Å². The van der Waals surface area contributed by atoms with Crippen molar-refractivity contribution in [3.63, 3.8) is 0 Å². The van der Waals surface area contributed by atoms with Crippen LogP contribution in [-0.2, 0) is 17.6 Å². The molecule has 0 fully saturated rings. The largest absolute Gasteiger partial charge is 0.359 e. The predicted octanol–water partition coefficient (Wildman–Crippen LogP) is 2.66. The van der Waals surface area contributed by atoms with Crippen LogP contribution in [0.5, 0.6) is 0 Å². The summed E-state index contributed by atoms with van der Waals surface area (Å²) < 4.78 is 0. The van der Waals surface area contributed by atoms with Crippen molar-refractivity contribution in [2.75, 3.05) is 26.0 Å². The quantitative estimate of drug-likeness (QED) is 0.849. The van der Waals surface area contributed by atoms with Gasteiger partial charge in [-0.15, -0.1) is 0 Å². The number of amides is 3. The summed E-state index contributed by atoms with van der Waals surface area (Å²) in [4.78, 5) is 25.4. The topological polar surface area (TPSA) is 61.4 Å². The van der Waals surface area contributed by atoms with Crippen molar-refractivity contribution in [3.8, 4) is 0 Å². The highest BCUT2D eigenvalue weighted by Gasteiger charge is 2.18. The SMILES string of the molecule is CCc1ccc(CC)c(NC(=O)N(C)C[C@@H](C)C(=O)NC)c1. The van der Waals surface area contributed by atoms with Gasteiger partial charge in [0.2, 0.25) is 5.91 Å². The molecule has 1 aromatic carbocycles. The maximum Gasteiger partial charge on any atom is 0.321 e. The Bertz CT molecular complexity index is 529. The van der Waals surface area contributed by atoms with Gasteiger partial charge >= 0.3 is 6.03 Å². The van der Waals surface area contributed by atoms with Crippen LogP contribution in [0.15, 0.2) is 18.2 Å². The van der Waals surface area contributed by atoms with E-state index in [2.05, 4.69) is 36.6 Å². The summed E-state index contributed by atoms with van der Waals surface area (Å²) in [6.07, 6.45) is 1.79. The Kier molecular flexibility index (Phi) is 6.89. The van der Waals surface area contributed by atoms with Crippen LogP contribution >= 0.6 is 0 Å². The summed E-state index contributed by atoms with van der Waals surface area (Å²) in [7, 11) is 3.30. The number of carbonyl (C=O) groups is 2. The minimum atomic E-state index is -0.242. The van der Waals surface area contributed by atoms with E-state index in [0.717, 1.165) is 24.1 Å². The van der Waals surface area contributed by atoms with Crippen LogP contribution in [-0.4, -0.2) is 37.5 Å². The van der Waals surface area contributed by atoms with Crippen molar-refractivity contribution in [2.24, 2.45) is 5.92 Å². The van der Waals surface area contributed by atoms with E-state index in [4.69, 9.17) is 0 Å². The monoisotopic (exact) mass is 305 g/mol. The van der Waals surface area contributed by atoms with E-state index in [9.17, 15) is 9.59 Å². The molecule has 122 valence electrons. The van der Waals surface area contributed by atoms with Crippen molar-refractivity contribution in [2.45, 2.75) is 33.6 Å². The maximum absolute atomic E-state index is 12.3. The number of carbonyl (C=O) groups excluding carboxylic acids is 2. The van der Waals surface area contributed by atoms with Gasteiger partial charge in [0.1, 0.15) is 0 Å². The minimum absolute atomic E-state index is 0.0677. The van der Waals surface area contributed by atoms with Crippen LogP contribution in [0.2, 0.25) is 0 Å². The Labute approximate surface area is 133 Å². The first-order chi connectivity index (χ1) is 10.4. The second-order valence-electron chi connectivity index (χ2n) is 5.52. The van der Waals surface area contributed by atoms with Crippen molar-refractivity contribution in [3.05, 3.63) is 29.3 Å². The lowest BCUT2D eigenvalue weighted by molar-refractivity contribution is -0.124. The fourth-order valence-electron chi connectivity index (χ4n) is 2.30. The predicted molar refractivity (Wildman–Crippen MR) is 90.1 cm³/mol. The molecule has 5 heteroatoms. The third-order valence-electron chi connectivity index (χ3n) is 3.79. The molecular formula is C17H27N3O2. The van der Waals surface area contributed by atoms with Crippen LogP contribution in [0, 0.1) is 5.92 Å². The smallest absolute Gasteiger partial charge is 0.321 e. The highest BCUT2D eigenvalue weighted by molar-refractivity contribution is 5.90. The molecule has 0 saturated carbocycles. The molecule has 3 amide bonds. The van der Waals surface area contributed by atoms with Crippen LogP contribution in [0.4, 0.5) is 10.5 Å². The van der Waals surface area contributed by atoms with Crippen LogP contribution < -0.4 is 10.6 Å². The van der Waals surface area contributed by atoms with Gasteiger partial charge in [-0.05, 0) is 30.0 Å². The lowest BCUT2D eigenvalue weighted by atomic mass is 10.1. The summed E-state index contributed by atoms with van der Waals surface area (Å²) >= 11 is 0. The van der Waals surface area contributed by atoms with Crippen LogP contribution in [0.25, 0.3) is 0 Å². The zero-order valence-corrected chi connectivity index (χ0v) is 14.2. The number of aryl methyl sites for hydroxylation is 2.